The van der Waals surface area contributed by atoms with Gasteiger partial charge in [-0.15, -0.1) is 0 Å². The Morgan fingerprint density at radius 2 is 2.06 bits per heavy atom. The van der Waals surface area contributed by atoms with Crippen LogP contribution in [0.3, 0.4) is 0 Å². The second-order valence-corrected chi connectivity index (χ2v) is 3.74. The molecule has 3 nitrogen and oxygen atoms in total. The van der Waals surface area contributed by atoms with Crippen molar-refractivity contribution >= 4 is 29.2 Å². The van der Waals surface area contributed by atoms with Crippen LogP contribution in [0.1, 0.15) is 12.8 Å². The van der Waals surface area contributed by atoms with Gasteiger partial charge in [0.2, 0.25) is 0 Å². The van der Waals surface area contributed by atoms with E-state index in [0.29, 0.717) is 22.2 Å². The van der Waals surface area contributed by atoms with Gasteiger partial charge in [-0.3, -0.25) is 0 Å². The third-order valence-electron chi connectivity index (χ3n) is 1.68. The van der Waals surface area contributed by atoms with E-state index in [4.69, 9.17) is 27.9 Å². The van der Waals surface area contributed by atoms with E-state index in [1.54, 1.807) is 18.2 Å². The number of carboxylic acid groups (broad SMARTS) is 1. The Morgan fingerprint density at radius 1 is 1.38 bits per heavy atom. The summed E-state index contributed by atoms with van der Waals surface area (Å²) in [4.78, 5) is 10.1. The zero-order chi connectivity index (χ0) is 11.3. The SMILES string of the molecule is O=C([O-])CCCOc1ccc(Cl)cc1Cl.[Na+]. The second-order valence-electron chi connectivity index (χ2n) is 2.90. The average molecular weight is 271 g/mol. The van der Waals surface area contributed by atoms with Gasteiger partial charge in [0.15, 0.2) is 0 Å². The van der Waals surface area contributed by atoms with E-state index in [9.17, 15) is 9.90 Å². The molecule has 0 saturated carbocycles. The molecule has 0 aliphatic carbocycles. The fourth-order valence-electron chi connectivity index (χ4n) is 0.991. The molecule has 0 fully saturated rings. The summed E-state index contributed by atoms with van der Waals surface area (Å²) < 4.78 is 5.26. The van der Waals surface area contributed by atoms with Crippen LogP contribution in [-0.4, -0.2) is 12.6 Å². The summed E-state index contributed by atoms with van der Waals surface area (Å²) in [5.41, 5.74) is 0. The molecule has 0 radical (unpaired) electrons. The van der Waals surface area contributed by atoms with Crippen molar-refractivity contribution in [2.75, 3.05) is 6.61 Å². The van der Waals surface area contributed by atoms with Crippen molar-refractivity contribution in [1.82, 2.24) is 0 Å². The number of carbonyl (C=O) groups is 1. The summed E-state index contributed by atoms with van der Waals surface area (Å²) in [6.07, 6.45) is 0.368. The van der Waals surface area contributed by atoms with Gasteiger partial charge in [0, 0.05) is 11.0 Å². The van der Waals surface area contributed by atoms with E-state index in [-0.39, 0.29) is 42.6 Å². The van der Waals surface area contributed by atoms with Crippen LogP contribution in [0.15, 0.2) is 18.2 Å². The molecular formula is C10H9Cl2NaO3. The molecule has 0 atom stereocenters. The first kappa shape index (κ1) is 16.1. The van der Waals surface area contributed by atoms with Crippen molar-refractivity contribution in [1.29, 1.82) is 0 Å². The van der Waals surface area contributed by atoms with Crippen molar-refractivity contribution in [3.05, 3.63) is 28.2 Å². The van der Waals surface area contributed by atoms with Gasteiger partial charge in [0.25, 0.3) is 0 Å². The zero-order valence-corrected chi connectivity index (χ0v) is 12.3. The van der Waals surface area contributed by atoms with E-state index >= 15 is 0 Å². The maximum Gasteiger partial charge on any atom is 1.00 e. The first-order valence-electron chi connectivity index (χ1n) is 4.37. The molecule has 0 saturated heterocycles. The van der Waals surface area contributed by atoms with Gasteiger partial charge >= 0.3 is 29.6 Å². The predicted octanol–water partition coefficient (Wildman–Crippen LogP) is -1.09. The number of carboxylic acids is 1. The Balaban J connectivity index is 0.00000225. The van der Waals surface area contributed by atoms with E-state index in [2.05, 4.69) is 0 Å². The smallest absolute Gasteiger partial charge is 0.550 e. The van der Waals surface area contributed by atoms with Gasteiger partial charge in [-0.2, -0.15) is 0 Å². The van der Waals surface area contributed by atoms with Crippen LogP contribution in [-0.2, 0) is 4.79 Å². The Bertz CT molecular complexity index is 358. The summed E-state index contributed by atoms with van der Waals surface area (Å²) in [7, 11) is 0. The molecule has 0 unspecified atom stereocenters. The van der Waals surface area contributed by atoms with Crippen LogP contribution in [0, 0.1) is 0 Å². The third kappa shape index (κ3) is 5.97. The van der Waals surface area contributed by atoms with Crippen LogP contribution < -0.4 is 39.4 Å². The molecule has 0 heterocycles. The summed E-state index contributed by atoms with van der Waals surface area (Å²) in [5, 5.41) is 11.1. The van der Waals surface area contributed by atoms with E-state index in [1.807, 2.05) is 0 Å². The Morgan fingerprint density at radius 3 is 2.62 bits per heavy atom. The normalized spacial score (nSPS) is 9.38. The molecule has 1 aromatic rings. The number of ether oxygens (including phenoxy) is 1. The minimum absolute atomic E-state index is 0. The first-order chi connectivity index (χ1) is 7.09. The minimum Gasteiger partial charge on any atom is -0.550 e. The maximum absolute atomic E-state index is 10.1. The Hall–Kier alpha value is 0.0700. The molecule has 0 amide bonds. The van der Waals surface area contributed by atoms with Crippen LogP contribution in [0.25, 0.3) is 0 Å². The van der Waals surface area contributed by atoms with Crippen molar-refractivity contribution < 1.29 is 44.2 Å². The molecular weight excluding hydrogens is 262 g/mol. The van der Waals surface area contributed by atoms with Crippen molar-refractivity contribution in [3.8, 4) is 5.75 Å². The van der Waals surface area contributed by atoms with Gasteiger partial charge in [-0.25, -0.2) is 0 Å². The van der Waals surface area contributed by atoms with E-state index in [0.717, 1.165) is 0 Å². The van der Waals surface area contributed by atoms with Gasteiger partial charge in [0.05, 0.1) is 11.6 Å². The average Bonchev–Trinajstić information content (AvgIpc) is 2.14. The molecule has 1 aromatic carbocycles. The molecule has 16 heavy (non-hydrogen) atoms. The van der Waals surface area contributed by atoms with Crippen molar-refractivity contribution in [2.24, 2.45) is 0 Å². The van der Waals surface area contributed by atoms with Crippen molar-refractivity contribution in [2.45, 2.75) is 12.8 Å². The number of rotatable bonds is 5. The summed E-state index contributed by atoms with van der Waals surface area (Å²) in [6.45, 7) is 0.287. The van der Waals surface area contributed by atoms with Gasteiger partial charge < -0.3 is 14.6 Å². The van der Waals surface area contributed by atoms with Crippen molar-refractivity contribution in [3.63, 3.8) is 0 Å². The molecule has 6 heteroatoms. The largest absolute Gasteiger partial charge is 1.00 e. The monoisotopic (exact) mass is 270 g/mol. The zero-order valence-electron chi connectivity index (χ0n) is 8.83. The number of hydrogen-bond acceptors (Lipinski definition) is 3. The molecule has 0 aliphatic heterocycles. The van der Waals surface area contributed by atoms with Crippen LogP contribution in [0.5, 0.6) is 5.75 Å². The number of aliphatic carboxylic acids is 1. The predicted molar refractivity (Wildman–Crippen MR) is 56.2 cm³/mol. The third-order valence-corrected chi connectivity index (χ3v) is 2.21. The topological polar surface area (TPSA) is 49.4 Å². The molecule has 1 rings (SSSR count). The summed E-state index contributed by atoms with van der Waals surface area (Å²) >= 11 is 11.5. The first-order valence-corrected chi connectivity index (χ1v) is 5.13. The number of carbonyl (C=O) groups excluding carboxylic acids is 1. The molecule has 82 valence electrons. The van der Waals surface area contributed by atoms with Gasteiger partial charge in [0.1, 0.15) is 5.75 Å². The van der Waals surface area contributed by atoms with E-state index in [1.165, 1.54) is 0 Å². The van der Waals surface area contributed by atoms with Crippen LogP contribution >= 0.6 is 23.2 Å². The van der Waals surface area contributed by atoms with Gasteiger partial charge in [-0.05, 0) is 31.0 Å². The Kier molecular flexibility index (Phi) is 8.24. The van der Waals surface area contributed by atoms with Gasteiger partial charge in [-0.1, -0.05) is 23.2 Å². The molecule has 0 bridgehead atoms. The van der Waals surface area contributed by atoms with Crippen LogP contribution in [0.2, 0.25) is 10.0 Å². The molecule has 0 aromatic heterocycles. The second kappa shape index (κ2) is 8.20. The van der Waals surface area contributed by atoms with Crippen LogP contribution in [0.4, 0.5) is 0 Å². The van der Waals surface area contributed by atoms with E-state index < -0.39 is 5.97 Å². The standard InChI is InChI=1S/C10H10Cl2O3.Na/c11-7-3-4-9(8(12)6-7)15-5-1-2-10(13)14;/h3-4,6H,1-2,5H2,(H,13,14);/q;+1/p-1. The maximum atomic E-state index is 10.1. The summed E-state index contributed by atoms with van der Waals surface area (Å²) in [6, 6.07) is 4.86. The fraction of sp³-hybridized carbons (Fsp3) is 0.300. The summed E-state index contributed by atoms with van der Waals surface area (Å²) in [5.74, 6) is -0.583. The number of hydrogen-bond donors (Lipinski definition) is 0. The fourth-order valence-corrected chi connectivity index (χ4v) is 1.45. The number of halogens is 2. The number of benzene rings is 1. The quantitative estimate of drug-likeness (QED) is 0.505. The minimum atomic E-state index is -1.08. The Labute approximate surface area is 126 Å². The molecule has 0 spiro atoms. The molecule has 0 aliphatic rings. The molecule has 0 N–H and O–H groups in total.